The van der Waals surface area contributed by atoms with Crippen molar-refractivity contribution in [3.8, 4) is 0 Å². The van der Waals surface area contributed by atoms with E-state index in [-0.39, 0.29) is 0 Å². The zero-order valence-corrected chi connectivity index (χ0v) is 15.3. The molecule has 3 N–H and O–H groups in total. The van der Waals surface area contributed by atoms with Crippen molar-refractivity contribution in [3.63, 3.8) is 0 Å². The molecule has 5 nitrogen and oxygen atoms in total. The highest BCUT2D eigenvalue weighted by atomic mass is 16.5. The molecular weight excluding hydrogens is 312 g/mol. The summed E-state index contributed by atoms with van der Waals surface area (Å²) in [4.78, 5) is 7.09. The zero-order valence-electron chi connectivity index (χ0n) is 15.3. The molecule has 0 spiro atoms. The van der Waals surface area contributed by atoms with Crippen LogP contribution in [-0.2, 0) is 11.2 Å². The maximum atomic E-state index is 6.08. The van der Waals surface area contributed by atoms with Gasteiger partial charge in [-0.2, -0.15) is 0 Å². The van der Waals surface area contributed by atoms with Gasteiger partial charge in [0.1, 0.15) is 0 Å². The van der Waals surface area contributed by atoms with Gasteiger partial charge in [0.2, 0.25) is 0 Å². The molecule has 25 heavy (non-hydrogen) atoms. The lowest BCUT2D eigenvalue weighted by Crippen LogP contribution is -2.40. The first kappa shape index (κ1) is 18.2. The summed E-state index contributed by atoms with van der Waals surface area (Å²) >= 11 is 0. The van der Waals surface area contributed by atoms with E-state index in [9.17, 15) is 0 Å². The molecule has 0 amide bonds. The summed E-state index contributed by atoms with van der Waals surface area (Å²) in [6.45, 7) is 6.64. The Morgan fingerprint density at radius 3 is 2.64 bits per heavy atom. The second-order valence-electron chi connectivity index (χ2n) is 7.45. The molecule has 2 aliphatic rings. The second-order valence-corrected chi connectivity index (χ2v) is 7.45. The minimum atomic E-state index is 0.321. The molecule has 1 aromatic rings. The maximum Gasteiger partial charge on any atom is 0.188 e. The number of aliphatic imine (C=N–C) groups is 1. The summed E-state index contributed by atoms with van der Waals surface area (Å²) in [5, 5.41) is 3.28. The van der Waals surface area contributed by atoms with Crippen LogP contribution in [0.3, 0.4) is 0 Å². The van der Waals surface area contributed by atoms with Crippen LogP contribution in [0.4, 0.5) is 0 Å². The Kier molecular flexibility index (Phi) is 6.70. The number of ether oxygens (including phenoxy) is 1. The number of hydrogen-bond donors (Lipinski definition) is 2. The third-order valence-electron chi connectivity index (χ3n) is 5.48. The van der Waals surface area contributed by atoms with Crippen LogP contribution in [0.5, 0.6) is 0 Å². The molecule has 0 bridgehead atoms. The minimum Gasteiger partial charge on any atom is -0.379 e. The number of hydrogen-bond acceptors (Lipinski definition) is 3. The van der Waals surface area contributed by atoms with Gasteiger partial charge >= 0.3 is 0 Å². The largest absolute Gasteiger partial charge is 0.379 e. The van der Waals surface area contributed by atoms with Crippen molar-refractivity contribution < 1.29 is 4.74 Å². The van der Waals surface area contributed by atoms with Crippen molar-refractivity contribution in [1.29, 1.82) is 0 Å². The fourth-order valence-electron chi connectivity index (χ4n) is 3.75. The van der Waals surface area contributed by atoms with Gasteiger partial charge in [-0.15, -0.1) is 0 Å². The van der Waals surface area contributed by atoms with E-state index in [1.807, 2.05) is 0 Å². The number of guanidine groups is 1. The smallest absolute Gasteiger partial charge is 0.188 e. The third kappa shape index (κ3) is 5.72. The Morgan fingerprint density at radius 1 is 1.20 bits per heavy atom. The van der Waals surface area contributed by atoms with Gasteiger partial charge in [-0.3, -0.25) is 9.89 Å². The Balaban J connectivity index is 1.37. The normalized spacial score (nSPS) is 20.9. The highest BCUT2D eigenvalue weighted by Gasteiger charge is 2.36. The van der Waals surface area contributed by atoms with Gasteiger partial charge in [0.25, 0.3) is 0 Å². The molecule has 0 aromatic heterocycles. The van der Waals surface area contributed by atoms with Gasteiger partial charge in [-0.1, -0.05) is 36.8 Å². The molecule has 1 saturated carbocycles. The van der Waals surface area contributed by atoms with Crippen molar-refractivity contribution in [2.75, 3.05) is 45.9 Å². The van der Waals surface area contributed by atoms with Gasteiger partial charge < -0.3 is 15.8 Å². The third-order valence-corrected chi connectivity index (χ3v) is 5.48. The molecule has 0 unspecified atom stereocenters. The molecule has 0 radical (unpaired) electrons. The molecule has 3 rings (SSSR count). The Labute approximate surface area is 151 Å². The van der Waals surface area contributed by atoms with Crippen molar-refractivity contribution >= 4 is 5.96 Å². The van der Waals surface area contributed by atoms with Crippen LogP contribution in [0.25, 0.3) is 0 Å². The standard InChI is InChI=1S/C20H32N4O/c21-19(22-10-5-11-24-12-14-25-15-13-24)23-17-20(8-4-9-20)16-18-6-2-1-3-7-18/h1-3,6-7H,4-5,8-17H2,(H3,21,22,23). The van der Waals surface area contributed by atoms with E-state index in [0.29, 0.717) is 11.4 Å². The monoisotopic (exact) mass is 344 g/mol. The Morgan fingerprint density at radius 2 is 1.96 bits per heavy atom. The van der Waals surface area contributed by atoms with Crippen molar-refractivity contribution in [1.82, 2.24) is 10.2 Å². The lowest BCUT2D eigenvalue weighted by atomic mass is 9.65. The van der Waals surface area contributed by atoms with Gasteiger partial charge in [0.05, 0.1) is 13.2 Å². The topological polar surface area (TPSA) is 62.9 Å². The number of nitrogens with two attached hydrogens (primary N) is 1. The van der Waals surface area contributed by atoms with Gasteiger partial charge in [-0.25, -0.2) is 0 Å². The lowest BCUT2D eigenvalue weighted by molar-refractivity contribution is 0.0376. The molecule has 138 valence electrons. The van der Waals surface area contributed by atoms with Crippen molar-refractivity contribution in [3.05, 3.63) is 35.9 Å². The summed E-state index contributed by atoms with van der Waals surface area (Å²) in [7, 11) is 0. The van der Waals surface area contributed by atoms with E-state index in [1.54, 1.807) is 0 Å². The molecule has 1 aliphatic heterocycles. The van der Waals surface area contributed by atoms with Crippen molar-refractivity contribution in [2.45, 2.75) is 32.1 Å². The van der Waals surface area contributed by atoms with Crippen molar-refractivity contribution in [2.24, 2.45) is 16.1 Å². The number of rotatable bonds is 8. The van der Waals surface area contributed by atoms with Crippen LogP contribution in [0.2, 0.25) is 0 Å². The van der Waals surface area contributed by atoms with Gasteiger partial charge in [0.15, 0.2) is 5.96 Å². The highest BCUT2D eigenvalue weighted by molar-refractivity contribution is 5.77. The quantitative estimate of drug-likeness (QED) is 0.430. The van der Waals surface area contributed by atoms with Crippen LogP contribution >= 0.6 is 0 Å². The molecular formula is C20H32N4O. The summed E-state index contributed by atoms with van der Waals surface area (Å²) in [5.41, 5.74) is 7.81. The van der Waals surface area contributed by atoms with Gasteiger partial charge in [0, 0.05) is 26.2 Å². The van der Waals surface area contributed by atoms with Gasteiger partial charge in [-0.05, 0) is 43.2 Å². The number of morpholine rings is 1. The summed E-state index contributed by atoms with van der Waals surface area (Å²) < 4.78 is 5.37. The summed E-state index contributed by atoms with van der Waals surface area (Å²) in [6, 6.07) is 10.8. The molecule has 0 atom stereocenters. The lowest BCUT2D eigenvalue weighted by Gasteiger charge is -2.41. The number of nitrogens with one attached hydrogen (secondary N) is 1. The SMILES string of the molecule is NC(=NCC1(Cc2ccccc2)CCC1)NCCCN1CCOCC1. The molecule has 1 saturated heterocycles. The molecule has 1 heterocycles. The van der Waals surface area contributed by atoms with Crippen LogP contribution < -0.4 is 11.1 Å². The van der Waals surface area contributed by atoms with E-state index in [2.05, 4.69) is 45.5 Å². The van der Waals surface area contributed by atoms with Crippen LogP contribution in [0.1, 0.15) is 31.2 Å². The molecule has 5 heteroatoms. The zero-order chi connectivity index (χ0) is 17.4. The molecule has 1 aromatic carbocycles. The first-order valence-corrected chi connectivity index (χ1v) is 9.64. The molecule has 2 fully saturated rings. The Hall–Kier alpha value is -1.59. The van der Waals surface area contributed by atoms with E-state index in [4.69, 9.17) is 10.5 Å². The maximum absolute atomic E-state index is 6.08. The predicted octanol–water partition coefficient (Wildman–Crippen LogP) is 2.03. The summed E-state index contributed by atoms with van der Waals surface area (Å²) in [5.74, 6) is 0.598. The average Bonchev–Trinajstić information content (AvgIpc) is 2.62. The average molecular weight is 345 g/mol. The van der Waals surface area contributed by atoms with E-state index < -0.39 is 0 Å². The Bertz CT molecular complexity index is 536. The first-order chi connectivity index (χ1) is 12.3. The van der Waals surface area contributed by atoms with E-state index in [0.717, 1.165) is 58.8 Å². The highest BCUT2D eigenvalue weighted by Crippen LogP contribution is 2.43. The van der Waals surface area contributed by atoms with Crippen LogP contribution in [0.15, 0.2) is 35.3 Å². The fraction of sp³-hybridized carbons (Fsp3) is 0.650. The minimum absolute atomic E-state index is 0.321. The predicted molar refractivity (Wildman–Crippen MR) is 103 cm³/mol. The van der Waals surface area contributed by atoms with E-state index in [1.165, 1.54) is 24.8 Å². The van der Waals surface area contributed by atoms with Crippen LogP contribution in [0, 0.1) is 5.41 Å². The van der Waals surface area contributed by atoms with E-state index >= 15 is 0 Å². The number of benzene rings is 1. The summed E-state index contributed by atoms with van der Waals surface area (Å²) in [6.07, 6.45) is 6.04. The molecule has 1 aliphatic carbocycles. The van der Waals surface area contributed by atoms with Crippen LogP contribution in [-0.4, -0.2) is 56.8 Å². The number of nitrogens with zero attached hydrogens (tertiary/aromatic N) is 2. The second kappa shape index (κ2) is 9.20. The fourth-order valence-corrected chi connectivity index (χ4v) is 3.75. The first-order valence-electron chi connectivity index (χ1n) is 9.64.